The van der Waals surface area contributed by atoms with Crippen LogP contribution in [0.3, 0.4) is 0 Å². The Hall–Kier alpha value is -2.35. The van der Waals surface area contributed by atoms with Gasteiger partial charge in [-0.3, -0.25) is 4.79 Å². The lowest BCUT2D eigenvalue weighted by molar-refractivity contribution is 0.104. The monoisotopic (exact) mass is 252 g/mol. The summed E-state index contributed by atoms with van der Waals surface area (Å²) in [4.78, 5) is 12.0. The molecule has 0 fully saturated rings. The van der Waals surface area contributed by atoms with E-state index in [2.05, 4.69) is 0 Å². The molecule has 0 aliphatic carbocycles. The average Bonchev–Trinajstić information content (AvgIpc) is 2.45. The Morgan fingerprint density at radius 3 is 2.47 bits per heavy atom. The molecule has 0 amide bonds. The normalized spacial score (nSPS) is 10.6. The van der Waals surface area contributed by atoms with Gasteiger partial charge in [0.05, 0.1) is 7.11 Å². The van der Waals surface area contributed by atoms with Gasteiger partial charge in [0.1, 0.15) is 5.75 Å². The number of hydrogen-bond acceptors (Lipinski definition) is 2. The van der Waals surface area contributed by atoms with Crippen LogP contribution in [0.15, 0.2) is 54.6 Å². The van der Waals surface area contributed by atoms with Gasteiger partial charge in [-0.25, -0.2) is 0 Å². The van der Waals surface area contributed by atoms with Crippen LogP contribution in [-0.4, -0.2) is 12.9 Å². The van der Waals surface area contributed by atoms with Crippen molar-refractivity contribution in [3.63, 3.8) is 0 Å². The van der Waals surface area contributed by atoms with Crippen LogP contribution in [0.25, 0.3) is 6.08 Å². The van der Waals surface area contributed by atoms with Crippen LogP contribution in [0.1, 0.15) is 21.5 Å². The van der Waals surface area contributed by atoms with Crippen molar-refractivity contribution in [1.82, 2.24) is 0 Å². The second kappa shape index (κ2) is 6.01. The number of carbonyl (C=O) groups is 1. The molecule has 2 heteroatoms. The minimum Gasteiger partial charge on any atom is -0.496 e. The maximum Gasteiger partial charge on any atom is 0.185 e. The molecule has 0 aliphatic heterocycles. The Kier molecular flexibility index (Phi) is 4.14. The molecule has 0 radical (unpaired) electrons. The molecule has 2 nitrogen and oxygen atoms in total. The number of ether oxygens (including phenoxy) is 1. The molecule has 0 aromatic heterocycles. The Bertz CT molecular complexity index is 598. The van der Waals surface area contributed by atoms with Gasteiger partial charge in [0.25, 0.3) is 0 Å². The van der Waals surface area contributed by atoms with E-state index in [0.29, 0.717) is 5.56 Å². The van der Waals surface area contributed by atoms with Crippen molar-refractivity contribution in [2.75, 3.05) is 7.11 Å². The number of allylic oxidation sites excluding steroid dienone is 1. The van der Waals surface area contributed by atoms with Gasteiger partial charge in [-0.2, -0.15) is 0 Å². The SMILES string of the molecule is COc1c(C)cccc1C=CC(=O)c1ccccc1. The van der Waals surface area contributed by atoms with Gasteiger partial charge in [0.15, 0.2) is 5.78 Å². The first-order valence-corrected chi connectivity index (χ1v) is 6.13. The van der Waals surface area contributed by atoms with E-state index in [-0.39, 0.29) is 5.78 Å². The fourth-order valence-corrected chi connectivity index (χ4v) is 1.95. The standard InChI is InChI=1S/C17H16O2/c1-13-7-6-10-15(17(13)19-2)11-12-16(18)14-8-4-3-5-9-14/h3-12H,1-2H3. The van der Waals surface area contributed by atoms with E-state index in [9.17, 15) is 4.79 Å². The Morgan fingerprint density at radius 1 is 1.05 bits per heavy atom. The van der Waals surface area contributed by atoms with Crippen LogP contribution in [0.4, 0.5) is 0 Å². The second-order valence-electron chi connectivity index (χ2n) is 4.26. The Labute approximate surface area is 113 Å². The third-order valence-corrected chi connectivity index (χ3v) is 2.92. The van der Waals surface area contributed by atoms with Crippen LogP contribution < -0.4 is 4.74 Å². The van der Waals surface area contributed by atoms with Gasteiger partial charge in [-0.15, -0.1) is 0 Å². The first kappa shape index (κ1) is 13.1. The van der Waals surface area contributed by atoms with Crippen LogP contribution in [0.5, 0.6) is 5.75 Å². The fraction of sp³-hybridized carbons (Fsp3) is 0.118. The molecule has 0 atom stereocenters. The van der Waals surface area contributed by atoms with E-state index in [4.69, 9.17) is 4.74 Å². The summed E-state index contributed by atoms with van der Waals surface area (Å²) in [7, 11) is 1.64. The van der Waals surface area contributed by atoms with Gasteiger partial charge in [0.2, 0.25) is 0 Å². The van der Waals surface area contributed by atoms with Crippen LogP contribution in [0.2, 0.25) is 0 Å². The molecule has 96 valence electrons. The molecule has 19 heavy (non-hydrogen) atoms. The van der Waals surface area contributed by atoms with Gasteiger partial charge >= 0.3 is 0 Å². The van der Waals surface area contributed by atoms with Gasteiger partial charge in [-0.1, -0.05) is 48.5 Å². The van der Waals surface area contributed by atoms with E-state index < -0.39 is 0 Å². The van der Waals surface area contributed by atoms with Gasteiger partial charge in [-0.05, 0) is 24.6 Å². The number of ketones is 1. The quantitative estimate of drug-likeness (QED) is 0.609. The van der Waals surface area contributed by atoms with Crippen molar-refractivity contribution >= 4 is 11.9 Å². The van der Waals surface area contributed by atoms with Crippen molar-refractivity contribution in [2.45, 2.75) is 6.92 Å². The van der Waals surface area contributed by atoms with E-state index in [0.717, 1.165) is 16.9 Å². The summed E-state index contributed by atoms with van der Waals surface area (Å²) in [5.74, 6) is 0.795. The molecule has 0 spiro atoms. The highest BCUT2D eigenvalue weighted by Crippen LogP contribution is 2.24. The topological polar surface area (TPSA) is 26.3 Å². The minimum atomic E-state index is -0.0100. The first-order chi connectivity index (χ1) is 9.22. The summed E-state index contributed by atoms with van der Waals surface area (Å²) in [6.07, 6.45) is 3.37. The summed E-state index contributed by atoms with van der Waals surface area (Å²) in [5.41, 5.74) is 2.65. The largest absolute Gasteiger partial charge is 0.496 e. The third kappa shape index (κ3) is 3.10. The van der Waals surface area contributed by atoms with Crippen molar-refractivity contribution in [3.8, 4) is 5.75 Å². The zero-order valence-electron chi connectivity index (χ0n) is 11.1. The van der Waals surface area contributed by atoms with Gasteiger partial charge in [0, 0.05) is 11.1 Å². The van der Waals surface area contributed by atoms with Crippen LogP contribution >= 0.6 is 0 Å². The molecule has 2 aromatic carbocycles. The molecule has 0 heterocycles. The summed E-state index contributed by atoms with van der Waals surface area (Å²) < 4.78 is 5.35. The number of rotatable bonds is 4. The van der Waals surface area contributed by atoms with Crippen molar-refractivity contribution in [2.24, 2.45) is 0 Å². The Balaban J connectivity index is 2.24. The lowest BCUT2D eigenvalue weighted by Crippen LogP contribution is -1.94. The molecule has 0 saturated carbocycles. The predicted octanol–water partition coefficient (Wildman–Crippen LogP) is 3.90. The summed E-state index contributed by atoms with van der Waals surface area (Å²) in [5, 5.41) is 0. The lowest BCUT2D eigenvalue weighted by Gasteiger charge is -2.07. The van der Waals surface area contributed by atoms with Gasteiger partial charge < -0.3 is 4.74 Å². The van der Waals surface area contributed by atoms with Crippen molar-refractivity contribution in [1.29, 1.82) is 0 Å². The molecule has 0 bridgehead atoms. The lowest BCUT2D eigenvalue weighted by atomic mass is 10.1. The second-order valence-corrected chi connectivity index (χ2v) is 4.26. The van der Waals surface area contributed by atoms with Crippen LogP contribution in [0, 0.1) is 6.92 Å². The molecule has 0 saturated heterocycles. The van der Waals surface area contributed by atoms with E-state index >= 15 is 0 Å². The molecule has 2 aromatic rings. The van der Waals surface area contributed by atoms with E-state index in [1.807, 2.05) is 43.3 Å². The minimum absolute atomic E-state index is 0.0100. The first-order valence-electron chi connectivity index (χ1n) is 6.13. The van der Waals surface area contributed by atoms with E-state index in [1.54, 1.807) is 31.4 Å². The maximum atomic E-state index is 12.0. The molecular formula is C17H16O2. The smallest absolute Gasteiger partial charge is 0.185 e. The number of benzene rings is 2. The number of carbonyl (C=O) groups excluding carboxylic acids is 1. The maximum absolute atomic E-state index is 12.0. The number of hydrogen-bond donors (Lipinski definition) is 0. The molecule has 0 unspecified atom stereocenters. The zero-order valence-corrected chi connectivity index (χ0v) is 11.1. The summed E-state index contributed by atoms with van der Waals surface area (Å²) in [6.45, 7) is 1.98. The highest BCUT2D eigenvalue weighted by molar-refractivity contribution is 6.06. The van der Waals surface area contributed by atoms with Crippen molar-refractivity contribution < 1.29 is 9.53 Å². The predicted molar refractivity (Wildman–Crippen MR) is 77.5 cm³/mol. The zero-order chi connectivity index (χ0) is 13.7. The molecule has 0 aliphatic rings. The Morgan fingerprint density at radius 2 is 1.79 bits per heavy atom. The number of methoxy groups -OCH3 is 1. The number of aryl methyl sites for hydroxylation is 1. The van der Waals surface area contributed by atoms with E-state index in [1.165, 1.54) is 0 Å². The molecule has 2 rings (SSSR count). The third-order valence-electron chi connectivity index (χ3n) is 2.92. The average molecular weight is 252 g/mol. The fourth-order valence-electron chi connectivity index (χ4n) is 1.95. The highest BCUT2D eigenvalue weighted by atomic mass is 16.5. The molecular weight excluding hydrogens is 236 g/mol. The molecule has 0 N–H and O–H groups in total. The number of para-hydroxylation sites is 1. The van der Waals surface area contributed by atoms with Crippen molar-refractivity contribution in [3.05, 3.63) is 71.3 Å². The summed E-state index contributed by atoms with van der Waals surface area (Å²) in [6, 6.07) is 15.1. The van der Waals surface area contributed by atoms with Crippen LogP contribution in [-0.2, 0) is 0 Å². The highest BCUT2D eigenvalue weighted by Gasteiger charge is 2.04. The summed E-state index contributed by atoms with van der Waals surface area (Å²) >= 11 is 0.